The van der Waals surface area contributed by atoms with Gasteiger partial charge in [0.1, 0.15) is 5.69 Å². The summed E-state index contributed by atoms with van der Waals surface area (Å²) >= 11 is 0. The van der Waals surface area contributed by atoms with Crippen molar-refractivity contribution < 1.29 is 9.85 Å². The summed E-state index contributed by atoms with van der Waals surface area (Å²) in [5, 5.41) is 26.4. The zero-order valence-corrected chi connectivity index (χ0v) is 13.3. The first-order chi connectivity index (χ1) is 11.6. The van der Waals surface area contributed by atoms with Crippen LogP contribution in [0.5, 0.6) is 0 Å². The summed E-state index contributed by atoms with van der Waals surface area (Å²) in [7, 11) is 0. The second-order valence-corrected chi connectivity index (χ2v) is 6.47. The highest BCUT2D eigenvalue weighted by atomic mass is 16.6. The van der Waals surface area contributed by atoms with Crippen LogP contribution < -0.4 is 5.43 Å². The van der Waals surface area contributed by atoms with Gasteiger partial charge in [0.2, 0.25) is 0 Å². The lowest BCUT2D eigenvalue weighted by Gasteiger charge is -2.36. The molecule has 3 rings (SSSR count). The molecular formula is C16H20N4O4. The Morgan fingerprint density at radius 2 is 1.79 bits per heavy atom. The average molecular weight is 332 g/mol. The van der Waals surface area contributed by atoms with Crippen LogP contribution in [-0.4, -0.2) is 15.6 Å². The van der Waals surface area contributed by atoms with Gasteiger partial charge in [0, 0.05) is 17.7 Å². The van der Waals surface area contributed by atoms with Gasteiger partial charge in [-0.25, -0.2) is 0 Å². The third-order valence-electron chi connectivity index (χ3n) is 5.05. The molecule has 2 atom stereocenters. The van der Waals surface area contributed by atoms with Crippen molar-refractivity contribution in [3.8, 4) is 0 Å². The third kappa shape index (κ3) is 3.37. The molecule has 128 valence electrons. The number of nitro benzene ring substituents is 2. The second kappa shape index (κ2) is 6.94. The normalized spacial score (nSPS) is 25.1. The Balaban J connectivity index is 1.82. The molecule has 2 fully saturated rings. The summed E-state index contributed by atoms with van der Waals surface area (Å²) in [5.74, 6) is 1.15. The largest absolute Gasteiger partial charge is 0.301 e. The number of non-ortho nitro benzene ring substituents is 1. The molecule has 8 nitrogen and oxygen atoms in total. The van der Waals surface area contributed by atoms with E-state index >= 15 is 0 Å². The quantitative estimate of drug-likeness (QED) is 0.654. The van der Waals surface area contributed by atoms with E-state index in [1.54, 1.807) is 0 Å². The number of hydrogen-bond donors (Lipinski definition) is 1. The monoisotopic (exact) mass is 332 g/mol. The van der Waals surface area contributed by atoms with Crippen molar-refractivity contribution in [1.82, 2.24) is 0 Å². The van der Waals surface area contributed by atoms with Gasteiger partial charge >= 0.3 is 5.69 Å². The molecule has 0 radical (unpaired) electrons. The Hall–Kier alpha value is -2.51. The first kappa shape index (κ1) is 16.4. The third-order valence-corrected chi connectivity index (χ3v) is 5.05. The summed E-state index contributed by atoms with van der Waals surface area (Å²) in [5.41, 5.74) is 3.43. The Bertz CT molecular complexity index is 687. The molecule has 0 heterocycles. The van der Waals surface area contributed by atoms with E-state index in [-0.39, 0.29) is 17.1 Å². The minimum atomic E-state index is -0.642. The summed E-state index contributed by atoms with van der Waals surface area (Å²) < 4.78 is 0. The van der Waals surface area contributed by atoms with Crippen LogP contribution in [0.1, 0.15) is 44.9 Å². The topological polar surface area (TPSA) is 111 Å². The van der Waals surface area contributed by atoms with E-state index in [1.165, 1.54) is 37.8 Å². The zero-order valence-electron chi connectivity index (χ0n) is 13.3. The number of anilines is 1. The molecule has 1 N–H and O–H groups in total. The predicted octanol–water partition coefficient (Wildman–Crippen LogP) is 4.26. The van der Waals surface area contributed by atoms with E-state index in [2.05, 4.69) is 10.5 Å². The van der Waals surface area contributed by atoms with Crippen LogP contribution in [0.2, 0.25) is 0 Å². The van der Waals surface area contributed by atoms with E-state index in [9.17, 15) is 20.2 Å². The van der Waals surface area contributed by atoms with E-state index < -0.39 is 9.85 Å². The minimum absolute atomic E-state index is 0.191. The summed E-state index contributed by atoms with van der Waals surface area (Å²) in [6, 6.07) is 3.56. The lowest BCUT2D eigenvalue weighted by atomic mass is 9.70. The van der Waals surface area contributed by atoms with E-state index in [4.69, 9.17) is 0 Å². The van der Waals surface area contributed by atoms with Gasteiger partial charge in [0.25, 0.3) is 5.69 Å². The van der Waals surface area contributed by atoms with Crippen molar-refractivity contribution >= 4 is 22.8 Å². The number of rotatable bonds is 4. The van der Waals surface area contributed by atoms with Crippen LogP contribution in [-0.2, 0) is 0 Å². The van der Waals surface area contributed by atoms with Gasteiger partial charge in [-0.05, 0) is 44.1 Å². The second-order valence-electron chi connectivity index (χ2n) is 6.47. The highest BCUT2D eigenvalue weighted by Crippen LogP contribution is 2.39. The molecule has 2 aliphatic rings. The highest BCUT2D eigenvalue weighted by molar-refractivity contribution is 5.88. The van der Waals surface area contributed by atoms with Crippen LogP contribution in [0.15, 0.2) is 23.3 Å². The molecule has 0 amide bonds. The van der Waals surface area contributed by atoms with Crippen LogP contribution >= 0.6 is 0 Å². The van der Waals surface area contributed by atoms with E-state index in [0.29, 0.717) is 11.8 Å². The van der Waals surface area contributed by atoms with E-state index in [0.717, 1.165) is 31.0 Å². The first-order valence-corrected chi connectivity index (χ1v) is 8.31. The van der Waals surface area contributed by atoms with Gasteiger partial charge in [0.15, 0.2) is 0 Å². The van der Waals surface area contributed by atoms with Crippen LogP contribution in [0.25, 0.3) is 0 Å². The van der Waals surface area contributed by atoms with Crippen LogP contribution in [0.3, 0.4) is 0 Å². The van der Waals surface area contributed by atoms with Gasteiger partial charge in [-0.3, -0.25) is 25.7 Å². The number of nitro groups is 2. The molecule has 24 heavy (non-hydrogen) atoms. The predicted molar refractivity (Wildman–Crippen MR) is 90.1 cm³/mol. The number of benzene rings is 1. The van der Waals surface area contributed by atoms with Crippen LogP contribution in [0.4, 0.5) is 17.1 Å². The van der Waals surface area contributed by atoms with Crippen molar-refractivity contribution in [2.75, 3.05) is 5.43 Å². The first-order valence-electron chi connectivity index (χ1n) is 8.31. The Kier molecular flexibility index (Phi) is 4.73. The van der Waals surface area contributed by atoms with Crippen molar-refractivity contribution in [1.29, 1.82) is 0 Å². The summed E-state index contributed by atoms with van der Waals surface area (Å²) in [4.78, 5) is 20.7. The Morgan fingerprint density at radius 3 is 2.54 bits per heavy atom. The molecule has 2 saturated carbocycles. The smallest absolute Gasteiger partial charge is 0.272 e. The van der Waals surface area contributed by atoms with Gasteiger partial charge < -0.3 is 0 Å². The number of fused-ring (bicyclic) bond motifs is 1. The number of nitrogens with zero attached hydrogens (tertiary/aromatic N) is 3. The SMILES string of the molecule is O=[N+]([O-])c1ccc(N/N=C2/CCC[C@H]3CCCC[C@H]23)c([N+](=O)[O-])c1. The van der Waals surface area contributed by atoms with Crippen molar-refractivity contribution in [3.05, 3.63) is 38.4 Å². The number of nitrogens with one attached hydrogen (secondary N) is 1. The Labute approximate surface area is 139 Å². The van der Waals surface area contributed by atoms with Crippen molar-refractivity contribution in [2.24, 2.45) is 16.9 Å². The molecule has 0 saturated heterocycles. The molecule has 0 spiro atoms. The van der Waals surface area contributed by atoms with Crippen LogP contribution in [0, 0.1) is 32.1 Å². The lowest BCUT2D eigenvalue weighted by Crippen LogP contribution is -2.31. The molecular weight excluding hydrogens is 312 g/mol. The highest BCUT2D eigenvalue weighted by Gasteiger charge is 2.32. The molecule has 8 heteroatoms. The average Bonchev–Trinajstić information content (AvgIpc) is 2.59. The van der Waals surface area contributed by atoms with Gasteiger partial charge in [-0.2, -0.15) is 5.10 Å². The molecule has 0 bridgehead atoms. The summed E-state index contributed by atoms with van der Waals surface area (Å²) in [6.45, 7) is 0. The number of hydrogen-bond acceptors (Lipinski definition) is 6. The molecule has 1 aromatic rings. The van der Waals surface area contributed by atoms with Gasteiger partial charge in [-0.15, -0.1) is 0 Å². The molecule has 0 aromatic heterocycles. The maximum atomic E-state index is 11.2. The fourth-order valence-electron chi connectivity index (χ4n) is 3.87. The minimum Gasteiger partial charge on any atom is -0.272 e. The molecule has 0 aliphatic heterocycles. The van der Waals surface area contributed by atoms with E-state index in [1.807, 2.05) is 0 Å². The maximum absolute atomic E-state index is 11.2. The van der Waals surface area contributed by atoms with Gasteiger partial charge in [-0.1, -0.05) is 12.8 Å². The summed E-state index contributed by atoms with van der Waals surface area (Å²) in [6.07, 6.45) is 8.10. The maximum Gasteiger partial charge on any atom is 0.301 e. The zero-order chi connectivity index (χ0) is 17.1. The van der Waals surface area contributed by atoms with Crippen molar-refractivity contribution in [2.45, 2.75) is 44.9 Å². The van der Waals surface area contributed by atoms with Crippen molar-refractivity contribution in [3.63, 3.8) is 0 Å². The number of hydrazone groups is 1. The Morgan fingerprint density at radius 1 is 1.04 bits per heavy atom. The molecule has 0 unspecified atom stereocenters. The standard InChI is InChI=1S/C16H20N4O4/c21-19(22)12-8-9-15(16(10-12)20(23)24)18-17-14-7-3-5-11-4-1-2-6-13(11)14/h8-11,13,18H,1-7H2/b17-14-/t11-,13+/m1/s1. The molecule has 2 aliphatic carbocycles. The molecule has 1 aromatic carbocycles. The fourth-order valence-corrected chi connectivity index (χ4v) is 3.87. The fraction of sp³-hybridized carbons (Fsp3) is 0.562. The van der Waals surface area contributed by atoms with Gasteiger partial charge in [0.05, 0.1) is 15.9 Å². The lowest BCUT2D eigenvalue weighted by molar-refractivity contribution is -0.393.